The molecule has 0 N–H and O–H groups in total. The summed E-state index contributed by atoms with van der Waals surface area (Å²) in [6.07, 6.45) is 10.7. The lowest BCUT2D eigenvalue weighted by Crippen LogP contribution is -2.15. The number of hydrogen-bond acceptors (Lipinski definition) is 0. The van der Waals surface area contributed by atoms with Crippen molar-refractivity contribution in [2.75, 3.05) is 0 Å². The molecule has 1 fully saturated rings. The van der Waals surface area contributed by atoms with E-state index in [0.29, 0.717) is 0 Å². The predicted octanol–water partition coefficient (Wildman–Crippen LogP) is 7.01. The zero-order valence-electron chi connectivity index (χ0n) is 14.0. The van der Waals surface area contributed by atoms with Gasteiger partial charge in [0.2, 0.25) is 0 Å². The van der Waals surface area contributed by atoms with Gasteiger partial charge in [-0.15, -0.1) is 11.6 Å². The number of hydrogen-bond donors (Lipinski definition) is 0. The summed E-state index contributed by atoms with van der Waals surface area (Å²) < 4.78 is 0. The second-order valence-electron chi connectivity index (χ2n) is 7.42. The van der Waals surface area contributed by atoms with Crippen LogP contribution in [0.2, 0.25) is 0 Å². The van der Waals surface area contributed by atoms with Gasteiger partial charge in [0.1, 0.15) is 0 Å². The molecule has 0 nitrogen and oxygen atoms in total. The van der Waals surface area contributed by atoms with E-state index in [1.807, 2.05) is 0 Å². The van der Waals surface area contributed by atoms with E-state index in [4.69, 9.17) is 11.6 Å². The molecule has 0 heterocycles. The minimum absolute atomic E-state index is 0.187. The Hall–Kier alpha value is -0.490. The molecule has 1 saturated carbocycles. The minimum atomic E-state index is 0.187. The largest absolute Gasteiger partial charge is 0.118 e. The highest BCUT2D eigenvalue weighted by Gasteiger charge is 2.20. The lowest BCUT2D eigenvalue weighted by Gasteiger charge is -2.24. The van der Waals surface area contributed by atoms with E-state index in [-0.39, 0.29) is 10.8 Å². The zero-order chi connectivity index (χ0) is 15.3. The Bertz CT molecular complexity index is 410. The quantitative estimate of drug-likeness (QED) is 0.405. The van der Waals surface area contributed by atoms with Crippen molar-refractivity contribution in [3.63, 3.8) is 0 Å². The van der Waals surface area contributed by atoms with Gasteiger partial charge in [-0.25, -0.2) is 0 Å². The highest BCUT2D eigenvalue weighted by molar-refractivity contribution is 6.20. The summed E-state index contributed by atoms with van der Waals surface area (Å²) in [7, 11) is 0. The normalized spacial score (nSPS) is 19.2. The van der Waals surface area contributed by atoms with Crippen LogP contribution in [0.25, 0.3) is 0 Å². The van der Waals surface area contributed by atoms with Gasteiger partial charge < -0.3 is 0 Å². The summed E-state index contributed by atoms with van der Waals surface area (Å²) >= 11 is 6.69. The summed E-state index contributed by atoms with van der Waals surface area (Å²) in [5.74, 6) is 0.835. The molecular weight excluding hydrogens is 276 g/mol. The van der Waals surface area contributed by atoms with Crippen LogP contribution in [0, 0.1) is 5.92 Å². The van der Waals surface area contributed by atoms with E-state index >= 15 is 0 Å². The smallest absolute Gasteiger partial charge is 0.0587 e. The topological polar surface area (TPSA) is 0 Å². The fourth-order valence-electron chi connectivity index (χ4n) is 3.38. The molecule has 0 amide bonds. The Morgan fingerprint density at radius 1 is 1.05 bits per heavy atom. The molecule has 1 aliphatic carbocycles. The first-order valence-corrected chi connectivity index (χ1v) is 9.21. The number of rotatable bonds is 5. The summed E-state index contributed by atoms with van der Waals surface area (Å²) in [6.45, 7) is 6.88. The van der Waals surface area contributed by atoms with E-state index in [1.54, 1.807) is 0 Å². The molecule has 1 atom stereocenters. The van der Waals surface area contributed by atoms with Gasteiger partial charge in [0.15, 0.2) is 0 Å². The molecule has 1 heteroatoms. The van der Waals surface area contributed by atoms with Gasteiger partial charge in [0.25, 0.3) is 0 Å². The van der Waals surface area contributed by atoms with Crippen molar-refractivity contribution in [2.45, 2.75) is 82.9 Å². The number of benzene rings is 1. The summed E-state index contributed by atoms with van der Waals surface area (Å²) in [6, 6.07) is 9.06. The van der Waals surface area contributed by atoms with Crippen LogP contribution < -0.4 is 0 Å². The molecule has 0 saturated heterocycles. The molecule has 0 bridgehead atoms. The average Bonchev–Trinajstić information content (AvgIpc) is 2.76. The Morgan fingerprint density at radius 3 is 2.14 bits per heavy atom. The van der Waals surface area contributed by atoms with E-state index in [9.17, 15) is 0 Å². The second kappa shape index (κ2) is 7.68. The number of alkyl halides is 1. The first kappa shape index (κ1) is 16.9. The molecule has 118 valence electrons. The van der Waals surface area contributed by atoms with Crippen molar-refractivity contribution < 1.29 is 0 Å². The molecule has 0 radical (unpaired) electrons. The van der Waals surface area contributed by atoms with E-state index in [0.717, 1.165) is 12.3 Å². The zero-order valence-corrected chi connectivity index (χ0v) is 14.8. The molecule has 0 aromatic heterocycles. The van der Waals surface area contributed by atoms with Gasteiger partial charge in [0, 0.05) is 0 Å². The Balaban J connectivity index is 1.97. The fourth-order valence-corrected chi connectivity index (χ4v) is 3.77. The van der Waals surface area contributed by atoms with Gasteiger partial charge in [-0.3, -0.25) is 0 Å². The molecule has 1 aromatic rings. The van der Waals surface area contributed by atoms with E-state index in [2.05, 4.69) is 45.0 Å². The maximum absolute atomic E-state index is 6.69. The van der Waals surface area contributed by atoms with Gasteiger partial charge in [-0.2, -0.15) is 0 Å². The van der Waals surface area contributed by atoms with Crippen molar-refractivity contribution in [3.05, 3.63) is 35.4 Å². The highest BCUT2D eigenvalue weighted by Crippen LogP contribution is 2.35. The van der Waals surface area contributed by atoms with Crippen molar-refractivity contribution >= 4 is 11.6 Å². The predicted molar refractivity (Wildman–Crippen MR) is 94.2 cm³/mol. The van der Waals surface area contributed by atoms with Crippen molar-refractivity contribution in [3.8, 4) is 0 Å². The van der Waals surface area contributed by atoms with Crippen LogP contribution in [-0.4, -0.2) is 0 Å². The molecule has 2 rings (SSSR count). The monoisotopic (exact) mass is 306 g/mol. The Kier molecular flexibility index (Phi) is 6.17. The van der Waals surface area contributed by atoms with Gasteiger partial charge in [0.05, 0.1) is 5.38 Å². The third-order valence-corrected chi connectivity index (χ3v) is 5.88. The minimum Gasteiger partial charge on any atom is -0.118 e. The van der Waals surface area contributed by atoms with Crippen LogP contribution in [0.15, 0.2) is 24.3 Å². The molecule has 0 spiro atoms. The summed E-state index contributed by atoms with van der Waals surface area (Å²) in [5.41, 5.74) is 2.99. The van der Waals surface area contributed by atoms with Crippen molar-refractivity contribution in [1.82, 2.24) is 0 Å². The fraction of sp³-hybridized carbons (Fsp3) is 0.700. The molecule has 21 heavy (non-hydrogen) atoms. The van der Waals surface area contributed by atoms with Gasteiger partial charge >= 0.3 is 0 Å². The lowest BCUT2D eigenvalue weighted by atomic mass is 9.81. The lowest BCUT2D eigenvalue weighted by molar-refractivity contribution is 0.423. The molecular formula is C20H31Cl. The average molecular weight is 307 g/mol. The molecule has 0 aliphatic heterocycles. The first-order chi connectivity index (χ1) is 10.0. The Labute approximate surface area is 136 Å². The maximum Gasteiger partial charge on any atom is 0.0587 e. The van der Waals surface area contributed by atoms with Crippen LogP contribution >= 0.6 is 11.6 Å². The third kappa shape index (κ3) is 4.74. The van der Waals surface area contributed by atoms with Gasteiger partial charge in [-0.1, -0.05) is 83.6 Å². The maximum atomic E-state index is 6.69. The van der Waals surface area contributed by atoms with Crippen LogP contribution in [0.3, 0.4) is 0 Å². The second-order valence-corrected chi connectivity index (χ2v) is 7.95. The number of halogens is 1. The van der Waals surface area contributed by atoms with Gasteiger partial charge in [-0.05, 0) is 35.3 Å². The summed E-state index contributed by atoms with van der Waals surface area (Å²) in [5, 5.41) is 0.187. The van der Waals surface area contributed by atoms with Crippen molar-refractivity contribution in [2.24, 2.45) is 5.92 Å². The standard InChI is InChI=1S/C20H31Cl/c1-4-20(2,3)18-13-11-17(12-14-18)19(21)15-16-9-7-5-6-8-10-16/h11-14,16,19H,4-10,15H2,1-3H3. The summed E-state index contributed by atoms with van der Waals surface area (Å²) in [4.78, 5) is 0. The van der Waals surface area contributed by atoms with Crippen LogP contribution in [-0.2, 0) is 5.41 Å². The van der Waals surface area contributed by atoms with Crippen LogP contribution in [0.4, 0.5) is 0 Å². The first-order valence-electron chi connectivity index (χ1n) is 8.77. The molecule has 1 aromatic carbocycles. The molecule has 1 aliphatic rings. The SMILES string of the molecule is CCC(C)(C)c1ccc(C(Cl)CC2CCCCCC2)cc1. The molecule has 1 unspecified atom stereocenters. The highest BCUT2D eigenvalue weighted by atomic mass is 35.5. The van der Waals surface area contributed by atoms with Crippen molar-refractivity contribution in [1.29, 1.82) is 0 Å². The van der Waals surface area contributed by atoms with Crippen LogP contribution in [0.5, 0.6) is 0 Å². The van der Waals surface area contributed by atoms with E-state index < -0.39 is 0 Å². The van der Waals surface area contributed by atoms with Crippen LogP contribution in [0.1, 0.15) is 88.6 Å². The third-order valence-electron chi connectivity index (χ3n) is 5.45. The van der Waals surface area contributed by atoms with E-state index in [1.165, 1.54) is 56.1 Å². The Morgan fingerprint density at radius 2 is 1.62 bits per heavy atom.